The Morgan fingerprint density at radius 2 is 1.96 bits per heavy atom. The molecule has 1 aliphatic heterocycles. The molecule has 2 aromatic rings. The van der Waals surface area contributed by atoms with Crippen molar-refractivity contribution in [3.8, 4) is 5.75 Å². The van der Waals surface area contributed by atoms with E-state index in [0.29, 0.717) is 10.6 Å². The van der Waals surface area contributed by atoms with Gasteiger partial charge < -0.3 is 4.74 Å². The molecule has 0 aliphatic carbocycles. The van der Waals surface area contributed by atoms with Gasteiger partial charge in [0.05, 0.1) is 17.1 Å². The van der Waals surface area contributed by atoms with E-state index in [9.17, 15) is 9.59 Å². The van der Waals surface area contributed by atoms with Crippen LogP contribution in [0, 0.1) is 6.92 Å². The van der Waals surface area contributed by atoms with Crippen molar-refractivity contribution in [2.24, 2.45) is 0 Å². The molecule has 1 aromatic heterocycles. The lowest BCUT2D eigenvalue weighted by molar-refractivity contribution is -0.123. The van der Waals surface area contributed by atoms with Crippen molar-refractivity contribution in [2.45, 2.75) is 6.92 Å². The highest BCUT2D eigenvalue weighted by molar-refractivity contribution is 8.18. The fourth-order valence-electron chi connectivity index (χ4n) is 2.18. The number of aromatic nitrogens is 1. The van der Waals surface area contributed by atoms with Crippen molar-refractivity contribution in [1.82, 2.24) is 9.88 Å². The van der Waals surface area contributed by atoms with Gasteiger partial charge >= 0.3 is 0 Å². The first-order valence-corrected chi connectivity index (χ1v) is 8.31. The lowest BCUT2D eigenvalue weighted by Crippen LogP contribution is -2.32. The van der Waals surface area contributed by atoms with Gasteiger partial charge in [-0.05, 0) is 49.0 Å². The highest BCUT2D eigenvalue weighted by Gasteiger charge is 2.34. The van der Waals surface area contributed by atoms with Crippen LogP contribution in [0.4, 0.5) is 4.79 Å². The Morgan fingerprint density at radius 1 is 1.17 bits per heavy atom. The van der Waals surface area contributed by atoms with Gasteiger partial charge in [-0.2, -0.15) is 0 Å². The number of carbonyl (C=O) groups is 2. The minimum absolute atomic E-state index is 0.220. The maximum atomic E-state index is 12.3. The summed E-state index contributed by atoms with van der Waals surface area (Å²) in [6.45, 7) is 2.48. The van der Waals surface area contributed by atoms with Crippen LogP contribution in [-0.2, 0) is 4.79 Å². The Morgan fingerprint density at radius 3 is 2.67 bits per heavy atom. The monoisotopic (exact) mass is 340 g/mol. The number of thioether (sulfide) groups is 1. The molecule has 6 heteroatoms. The molecular formula is C18H16N2O3S. The van der Waals surface area contributed by atoms with Crippen LogP contribution in [0.1, 0.15) is 11.3 Å². The molecule has 1 saturated heterocycles. The molecule has 1 aliphatic rings. The van der Waals surface area contributed by atoms with Gasteiger partial charge in [-0.25, -0.2) is 0 Å². The van der Waals surface area contributed by atoms with Gasteiger partial charge in [-0.1, -0.05) is 23.8 Å². The summed E-state index contributed by atoms with van der Waals surface area (Å²) in [5.74, 6) is 0.416. The van der Waals surface area contributed by atoms with E-state index in [1.165, 1.54) is 4.90 Å². The minimum atomic E-state index is -0.303. The number of hydrogen-bond acceptors (Lipinski definition) is 5. The Balaban J connectivity index is 1.60. The summed E-state index contributed by atoms with van der Waals surface area (Å²) in [5, 5.41) is -0.283. The molecule has 5 nitrogen and oxygen atoms in total. The van der Waals surface area contributed by atoms with Crippen LogP contribution in [0.25, 0.3) is 6.08 Å². The van der Waals surface area contributed by atoms with Crippen LogP contribution in [0.15, 0.2) is 53.6 Å². The summed E-state index contributed by atoms with van der Waals surface area (Å²) in [4.78, 5) is 30.1. The van der Waals surface area contributed by atoms with E-state index >= 15 is 0 Å². The molecule has 0 atom stereocenters. The fourth-order valence-corrected chi connectivity index (χ4v) is 3.03. The normalized spacial score (nSPS) is 16.0. The summed E-state index contributed by atoms with van der Waals surface area (Å²) in [5.41, 5.74) is 1.80. The van der Waals surface area contributed by atoms with Crippen LogP contribution in [0.3, 0.4) is 0 Å². The summed E-state index contributed by atoms with van der Waals surface area (Å²) in [6, 6.07) is 13.0. The minimum Gasteiger partial charge on any atom is -0.492 e. The number of rotatable bonds is 5. The molecular weight excluding hydrogens is 324 g/mol. The smallest absolute Gasteiger partial charge is 0.293 e. The van der Waals surface area contributed by atoms with Crippen molar-refractivity contribution < 1.29 is 14.3 Å². The Labute approximate surface area is 144 Å². The highest BCUT2D eigenvalue weighted by Crippen LogP contribution is 2.31. The first-order valence-electron chi connectivity index (χ1n) is 7.49. The third-order valence-electron chi connectivity index (χ3n) is 3.44. The summed E-state index contributed by atoms with van der Waals surface area (Å²) in [7, 11) is 0. The number of hydrogen-bond donors (Lipinski definition) is 0. The molecule has 0 bridgehead atoms. The van der Waals surface area contributed by atoms with E-state index in [2.05, 4.69) is 4.98 Å². The Hall–Kier alpha value is -2.60. The zero-order chi connectivity index (χ0) is 16.9. The van der Waals surface area contributed by atoms with E-state index in [1.807, 2.05) is 37.3 Å². The first kappa shape index (κ1) is 16.3. The maximum absolute atomic E-state index is 12.3. The van der Waals surface area contributed by atoms with E-state index in [-0.39, 0.29) is 24.3 Å². The molecule has 0 unspecified atom stereocenters. The highest BCUT2D eigenvalue weighted by atomic mass is 32.2. The fraction of sp³-hybridized carbons (Fsp3) is 0.167. The number of benzene rings is 1. The van der Waals surface area contributed by atoms with Gasteiger partial charge in [-0.15, -0.1) is 0 Å². The lowest BCUT2D eigenvalue weighted by Gasteiger charge is -2.13. The van der Waals surface area contributed by atoms with Crippen molar-refractivity contribution in [3.05, 3.63) is 64.8 Å². The van der Waals surface area contributed by atoms with Gasteiger partial charge in [0.25, 0.3) is 11.1 Å². The molecule has 3 rings (SSSR count). The van der Waals surface area contributed by atoms with Gasteiger partial charge in [0, 0.05) is 6.20 Å². The number of imide groups is 1. The van der Waals surface area contributed by atoms with Crippen LogP contribution in [-0.4, -0.2) is 34.2 Å². The topological polar surface area (TPSA) is 59.5 Å². The second-order valence-electron chi connectivity index (χ2n) is 5.25. The molecule has 2 amide bonds. The average Bonchev–Trinajstić information content (AvgIpc) is 2.85. The number of amides is 2. The molecule has 0 saturated carbocycles. The lowest BCUT2D eigenvalue weighted by atomic mass is 10.2. The van der Waals surface area contributed by atoms with Gasteiger partial charge in [0.1, 0.15) is 12.4 Å². The van der Waals surface area contributed by atoms with Crippen LogP contribution < -0.4 is 4.74 Å². The average molecular weight is 340 g/mol. The second-order valence-corrected chi connectivity index (χ2v) is 6.24. The summed E-state index contributed by atoms with van der Waals surface area (Å²) in [6.07, 6.45) is 3.28. The third kappa shape index (κ3) is 3.83. The van der Waals surface area contributed by atoms with Crippen molar-refractivity contribution in [2.75, 3.05) is 13.2 Å². The van der Waals surface area contributed by atoms with Crippen LogP contribution >= 0.6 is 11.8 Å². The predicted molar refractivity (Wildman–Crippen MR) is 93.6 cm³/mol. The number of nitrogens with zero attached hydrogens (tertiary/aromatic N) is 2. The van der Waals surface area contributed by atoms with Gasteiger partial charge in [0.15, 0.2) is 0 Å². The van der Waals surface area contributed by atoms with Crippen LogP contribution in [0.2, 0.25) is 0 Å². The zero-order valence-corrected chi connectivity index (χ0v) is 14.0. The van der Waals surface area contributed by atoms with Crippen molar-refractivity contribution in [1.29, 1.82) is 0 Å². The maximum Gasteiger partial charge on any atom is 0.293 e. The van der Waals surface area contributed by atoms with Crippen molar-refractivity contribution >= 4 is 29.0 Å². The van der Waals surface area contributed by atoms with E-state index in [4.69, 9.17) is 4.74 Å². The molecule has 0 spiro atoms. The third-order valence-corrected chi connectivity index (χ3v) is 4.35. The largest absolute Gasteiger partial charge is 0.492 e. The van der Waals surface area contributed by atoms with E-state index in [0.717, 1.165) is 23.1 Å². The number of ether oxygens (including phenoxy) is 1. The molecule has 1 aromatic carbocycles. The molecule has 0 radical (unpaired) electrons. The summed E-state index contributed by atoms with van der Waals surface area (Å²) >= 11 is 0.928. The Kier molecular flexibility index (Phi) is 4.96. The molecule has 0 N–H and O–H groups in total. The molecule has 2 heterocycles. The second kappa shape index (κ2) is 7.31. The van der Waals surface area contributed by atoms with Crippen LogP contribution in [0.5, 0.6) is 5.75 Å². The summed E-state index contributed by atoms with van der Waals surface area (Å²) < 4.78 is 5.59. The predicted octanol–water partition coefficient (Wildman–Crippen LogP) is 3.51. The SMILES string of the molecule is Cc1ccc(OCCN2C(=O)S/C(=C\c3ccccn3)C2=O)cc1. The van der Waals surface area contributed by atoms with Gasteiger partial charge in [0.2, 0.25) is 0 Å². The molecule has 24 heavy (non-hydrogen) atoms. The number of pyridine rings is 1. The number of aryl methyl sites for hydroxylation is 1. The van der Waals surface area contributed by atoms with Gasteiger partial charge in [-0.3, -0.25) is 19.5 Å². The first-order chi connectivity index (χ1) is 11.6. The number of carbonyl (C=O) groups excluding carboxylic acids is 2. The van der Waals surface area contributed by atoms with E-state index < -0.39 is 0 Å². The standard InChI is InChI=1S/C18H16N2O3S/c1-13-5-7-15(8-6-13)23-11-10-20-17(21)16(24-18(20)22)12-14-4-2-3-9-19-14/h2-9,12H,10-11H2,1H3/b16-12-. The molecule has 1 fully saturated rings. The van der Waals surface area contributed by atoms with Crippen molar-refractivity contribution in [3.63, 3.8) is 0 Å². The Bertz CT molecular complexity index is 773. The quantitative estimate of drug-likeness (QED) is 0.780. The van der Waals surface area contributed by atoms with E-state index in [1.54, 1.807) is 24.4 Å². The zero-order valence-electron chi connectivity index (χ0n) is 13.1. The molecule has 122 valence electrons.